The Bertz CT molecular complexity index is 1520. The highest BCUT2D eigenvalue weighted by atomic mass is 16.5. The molecular formula is C35H40N2O4. The standard InChI is InChI=1S/C35H40N2O4/c1-36-26(12-14-27(38)13-10-22-6-4-3-5-7-22)18-25-20-35(40-2)29-19-24-11-15-28(39)32-30(24)34(35,33(41-32)31(25)36)16-17-37(29)21-23-8-9-23/h3-7,11,15,18,23,29,33,39H,8-10,12-14,16-17,19-21H2,1-2H3/t29-,33?,34-,35+/m0/s1. The van der Waals surface area contributed by atoms with Crippen molar-refractivity contribution in [3.05, 3.63) is 82.2 Å². The number of fused-ring (bicyclic) bond motifs is 2. The van der Waals surface area contributed by atoms with Crippen LogP contribution in [0, 0.1) is 5.92 Å². The first-order valence-corrected chi connectivity index (χ1v) is 15.5. The van der Waals surface area contributed by atoms with Gasteiger partial charge in [0.1, 0.15) is 11.4 Å². The van der Waals surface area contributed by atoms with Crippen LogP contribution in [0.25, 0.3) is 0 Å². The van der Waals surface area contributed by atoms with Gasteiger partial charge in [0.2, 0.25) is 0 Å². The Hall–Kier alpha value is -3.09. The fourth-order valence-electron chi connectivity index (χ4n) is 9.09. The molecular weight excluding hydrogens is 512 g/mol. The minimum Gasteiger partial charge on any atom is -0.504 e. The van der Waals surface area contributed by atoms with Crippen LogP contribution >= 0.6 is 0 Å². The van der Waals surface area contributed by atoms with Gasteiger partial charge >= 0.3 is 0 Å². The zero-order valence-electron chi connectivity index (χ0n) is 24.2. The molecule has 8 rings (SSSR count). The zero-order chi connectivity index (χ0) is 27.9. The molecule has 1 spiro atoms. The van der Waals surface area contributed by atoms with E-state index in [0.717, 1.165) is 51.1 Å². The number of aromatic nitrogens is 1. The highest BCUT2D eigenvalue weighted by molar-refractivity contribution is 5.78. The number of aryl methyl sites for hydroxylation is 2. The van der Waals surface area contributed by atoms with Gasteiger partial charge in [-0.1, -0.05) is 36.4 Å². The minimum atomic E-state index is -0.423. The average Bonchev–Trinajstić information content (AvgIpc) is 3.66. The summed E-state index contributed by atoms with van der Waals surface area (Å²) in [7, 11) is 4.03. The smallest absolute Gasteiger partial charge is 0.166 e. The Morgan fingerprint density at radius 3 is 2.68 bits per heavy atom. The number of phenols is 1. The molecule has 6 heteroatoms. The van der Waals surface area contributed by atoms with Crippen LogP contribution in [0.2, 0.25) is 0 Å². The first kappa shape index (κ1) is 25.6. The fraction of sp³-hybridized carbons (Fsp3) is 0.514. The molecule has 4 atom stereocenters. The third kappa shape index (κ3) is 3.59. The molecule has 0 radical (unpaired) electrons. The molecule has 1 aromatic heterocycles. The van der Waals surface area contributed by atoms with Crippen molar-refractivity contribution in [3.63, 3.8) is 0 Å². The average molecular weight is 553 g/mol. The van der Waals surface area contributed by atoms with Gasteiger partial charge in [-0.15, -0.1) is 0 Å². The monoisotopic (exact) mass is 552 g/mol. The van der Waals surface area contributed by atoms with Crippen LogP contribution < -0.4 is 4.74 Å². The number of hydrogen-bond donors (Lipinski definition) is 1. The van der Waals surface area contributed by atoms with Gasteiger partial charge in [0, 0.05) is 57.3 Å². The quantitative estimate of drug-likeness (QED) is 0.395. The molecule has 1 saturated heterocycles. The Labute approximate surface area is 242 Å². The maximum atomic E-state index is 12.9. The molecule has 2 bridgehead atoms. The third-order valence-corrected chi connectivity index (χ3v) is 11.2. The summed E-state index contributed by atoms with van der Waals surface area (Å²) in [4.78, 5) is 15.6. The molecule has 3 heterocycles. The second-order valence-electron chi connectivity index (χ2n) is 13.2. The van der Waals surface area contributed by atoms with E-state index in [1.54, 1.807) is 0 Å². The molecule has 2 fully saturated rings. The van der Waals surface area contributed by atoms with Crippen LogP contribution in [-0.2, 0) is 47.7 Å². The van der Waals surface area contributed by atoms with Gasteiger partial charge in [-0.05, 0) is 79.8 Å². The van der Waals surface area contributed by atoms with Crippen LogP contribution in [0.15, 0.2) is 48.5 Å². The van der Waals surface area contributed by atoms with Gasteiger partial charge in [-0.3, -0.25) is 9.69 Å². The Balaban J connectivity index is 1.15. The highest BCUT2D eigenvalue weighted by Gasteiger charge is 2.73. The van der Waals surface area contributed by atoms with E-state index >= 15 is 0 Å². The van der Waals surface area contributed by atoms with Crippen molar-refractivity contribution in [2.75, 3.05) is 20.2 Å². The molecule has 1 saturated carbocycles. The van der Waals surface area contributed by atoms with Crippen molar-refractivity contribution in [1.29, 1.82) is 0 Å². The number of ether oxygens (including phenoxy) is 2. The van der Waals surface area contributed by atoms with E-state index < -0.39 is 5.60 Å². The van der Waals surface area contributed by atoms with Crippen LogP contribution in [0.5, 0.6) is 11.5 Å². The highest BCUT2D eigenvalue weighted by Crippen LogP contribution is 2.69. The first-order chi connectivity index (χ1) is 19.9. The predicted molar refractivity (Wildman–Crippen MR) is 157 cm³/mol. The van der Waals surface area contributed by atoms with Crippen LogP contribution in [0.3, 0.4) is 0 Å². The lowest BCUT2D eigenvalue weighted by Gasteiger charge is -2.64. The van der Waals surface area contributed by atoms with Gasteiger partial charge in [-0.25, -0.2) is 0 Å². The number of Topliss-reactive ketones (excluding diaryl/α,β-unsaturated/α-hetero) is 1. The summed E-state index contributed by atoms with van der Waals surface area (Å²) in [5.74, 6) is 2.01. The number of piperidine rings is 1. The van der Waals surface area contributed by atoms with E-state index in [0.29, 0.717) is 24.4 Å². The number of carbonyl (C=O) groups excluding carboxylic acids is 1. The number of methoxy groups -OCH3 is 1. The molecule has 1 N–H and O–H groups in total. The van der Waals surface area contributed by atoms with Crippen molar-refractivity contribution in [1.82, 2.24) is 9.47 Å². The van der Waals surface area contributed by atoms with Crippen molar-refractivity contribution in [2.45, 2.75) is 80.9 Å². The normalized spacial score (nSPS) is 29.1. The number of aromatic hydroxyl groups is 1. The summed E-state index contributed by atoms with van der Waals surface area (Å²) >= 11 is 0. The maximum Gasteiger partial charge on any atom is 0.166 e. The van der Waals surface area contributed by atoms with E-state index in [4.69, 9.17) is 9.47 Å². The fourth-order valence-corrected chi connectivity index (χ4v) is 9.09. The molecule has 3 aliphatic carbocycles. The largest absolute Gasteiger partial charge is 0.504 e. The third-order valence-electron chi connectivity index (χ3n) is 11.2. The van der Waals surface area contributed by atoms with Gasteiger partial charge in [0.25, 0.3) is 0 Å². The van der Waals surface area contributed by atoms with E-state index in [9.17, 15) is 9.90 Å². The lowest BCUT2D eigenvalue weighted by Crippen LogP contribution is -2.75. The molecule has 214 valence electrons. The van der Waals surface area contributed by atoms with E-state index in [-0.39, 0.29) is 23.3 Å². The van der Waals surface area contributed by atoms with Crippen molar-refractivity contribution >= 4 is 5.78 Å². The Kier molecular flexibility index (Phi) is 5.75. The molecule has 41 heavy (non-hydrogen) atoms. The lowest BCUT2D eigenvalue weighted by molar-refractivity contribution is -0.191. The number of rotatable bonds is 9. The SMILES string of the molecule is CO[C@@]12Cc3cc(CCC(=O)CCc4ccccc4)n(C)c3C3Oc4c(O)ccc5c4[C@@]31CCN(CC1CC1)[C@H]2C5. The van der Waals surface area contributed by atoms with Crippen LogP contribution in [-0.4, -0.2) is 52.2 Å². The number of ketones is 1. The summed E-state index contributed by atoms with van der Waals surface area (Å²) in [6.07, 6.45) is 7.79. The first-order valence-electron chi connectivity index (χ1n) is 15.5. The Morgan fingerprint density at radius 1 is 1.10 bits per heavy atom. The number of benzene rings is 2. The molecule has 6 nitrogen and oxygen atoms in total. The Morgan fingerprint density at radius 2 is 1.90 bits per heavy atom. The van der Waals surface area contributed by atoms with Crippen molar-refractivity contribution in [2.24, 2.45) is 13.0 Å². The van der Waals surface area contributed by atoms with E-state index in [2.05, 4.69) is 40.8 Å². The van der Waals surface area contributed by atoms with Gasteiger partial charge in [0.15, 0.2) is 17.6 Å². The summed E-state index contributed by atoms with van der Waals surface area (Å²) in [5, 5.41) is 11.0. The number of nitrogens with zero attached hydrogens (tertiary/aromatic N) is 2. The molecule has 1 unspecified atom stereocenters. The van der Waals surface area contributed by atoms with Gasteiger partial charge in [-0.2, -0.15) is 0 Å². The predicted octanol–water partition coefficient (Wildman–Crippen LogP) is 5.22. The number of phenolic OH excluding ortho intramolecular Hbond substituents is 1. The zero-order valence-corrected chi connectivity index (χ0v) is 24.2. The van der Waals surface area contributed by atoms with Gasteiger partial charge in [0.05, 0.1) is 11.1 Å². The van der Waals surface area contributed by atoms with E-state index in [1.807, 2.05) is 31.4 Å². The summed E-state index contributed by atoms with van der Waals surface area (Å²) in [6, 6.07) is 16.8. The lowest BCUT2D eigenvalue weighted by atomic mass is 9.49. The van der Waals surface area contributed by atoms with E-state index in [1.165, 1.54) is 46.5 Å². The van der Waals surface area contributed by atoms with Crippen LogP contribution in [0.1, 0.15) is 71.8 Å². The van der Waals surface area contributed by atoms with Gasteiger partial charge < -0.3 is 19.1 Å². The van der Waals surface area contributed by atoms with Crippen LogP contribution in [0.4, 0.5) is 0 Å². The summed E-state index contributed by atoms with van der Waals surface area (Å²) < 4.78 is 15.9. The summed E-state index contributed by atoms with van der Waals surface area (Å²) in [5.41, 5.74) is 6.60. The maximum absolute atomic E-state index is 12.9. The number of hydrogen-bond acceptors (Lipinski definition) is 5. The molecule has 5 aliphatic rings. The molecule has 0 amide bonds. The number of carbonyl (C=O) groups is 1. The second-order valence-corrected chi connectivity index (χ2v) is 13.2. The minimum absolute atomic E-state index is 0.216. The number of likely N-dealkylation sites (tertiary alicyclic amines) is 1. The molecule has 3 aromatic rings. The van der Waals surface area contributed by atoms with Crippen molar-refractivity contribution < 1.29 is 19.4 Å². The topological polar surface area (TPSA) is 63.9 Å². The molecule has 2 aromatic carbocycles. The molecule has 2 aliphatic heterocycles. The second kappa shape index (κ2) is 9.20. The van der Waals surface area contributed by atoms with Crippen molar-refractivity contribution in [3.8, 4) is 11.5 Å². The summed E-state index contributed by atoms with van der Waals surface area (Å²) in [6.45, 7) is 2.18.